The number of carbonyl (C=O) groups is 1. The maximum absolute atomic E-state index is 12.0. The quantitative estimate of drug-likeness (QED) is 0.660. The minimum atomic E-state index is -0.168. The van der Waals surface area contributed by atoms with E-state index >= 15 is 0 Å². The van der Waals surface area contributed by atoms with Gasteiger partial charge in [-0.3, -0.25) is 0 Å². The van der Waals surface area contributed by atoms with Crippen molar-refractivity contribution < 1.29 is 4.79 Å². The molecule has 0 bridgehead atoms. The summed E-state index contributed by atoms with van der Waals surface area (Å²) < 4.78 is 1.52. The van der Waals surface area contributed by atoms with Crippen molar-refractivity contribution in [2.45, 2.75) is 38.1 Å². The van der Waals surface area contributed by atoms with E-state index in [1.807, 2.05) is 0 Å². The Bertz CT molecular complexity index is 450. The van der Waals surface area contributed by atoms with Gasteiger partial charge >= 0.3 is 6.03 Å². The second-order valence-electron chi connectivity index (χ2n) is 4.79. The highest BCUT2D eigenvalue weighted by molar-refractivity contribution is 9.11. The monoisotopic (exact) mass is 389 g/mol. The maximum Gasteiger partial charge on any atom is 0.319 e. The first-order valence-corrected chi connectivity index (χ1v) is 7.97. The molecule has 0 spiro atoms. The van der Waals surface area contributed by atoms with E-state index in [0.29, 0.717) is 17.4 Å². The molecule has 1 aromatic carbocycles. The van der Waals surface area contributed by atoms with Crippen LogP contribution in [-0.4, -0.2) is 12.1 Å². The molecule has 0 atom stereocenters. The average Bonchev–Trinajstić information content (AvgIpc) is 2.35. The highest BCUT2D eigenvalue weighted by Gasteiger charge is 2.17. The molecule has 6 heteroatoms. The lowest BCUT2D eigenvalue weighted by molar-refractivity contribution is 0.244. The minimum absolute atomic E-state index is 0.168. The Hall–Kier alpha value is -0.750. The summed E-state index contributed by atoms with van der Waals surface area (Å²) in [5.74, 6) is 0. The number of nitrogens with one attached hydrogen (secondary N) is 2. The van der Waals surface area contributed by atoms with Gasteiger partial charge in [0.2, 0.25) is 0 Å². The van der Waals surface area contributed by atoms with Gasteiger partial charge < -0.3 is 16.4 Å². The van der Waals surface area contributed by atoms with Crippen molar-refractivity contribution >= 4 is 49.3 Å². The van der Waals surface area contributed by atoms with Crippen LogP contribution in [-0.2, 0) is 0 Å². The predicted molar refractivity (Wildman–Crippen MR) is 85.3 cm³/mol. The normalized spacial score (nSPS) is 16.1. The van der Waals surface area contributed by atoms with E-state index in [-0.39, 0.29) is 6.03 Å². The fourth-order valence-electron chi connectivity index (χ4n) is 2.29. The zero-order valence-corrected chi connectivity index (χ0v) is 13.7. The van der Waals surface area contributed by atoms with Crippen LogP contribution in [0.4, 0.5) is 16.2 Å². The number of amides is 2. The number of hydrogen-bond acceptors (Lipinski definition) is 2. The summed E-state index contributed by atoms with van der Waals surface area (Å²) in [7, 11) is 0. The van der Waals surface area contributed by atoms with E-state index in [9.17, 15) is 4.79 Å². The number of urea groups is 1. The third kappa shape index (κ3) is 4.11. The molecule has 0 radical (unpaired) electrons. The Balaban J connectivity index is 1.98. The molecule has 0 unspecified atom stereocenters. The van der Waals surface area contributed by atoms with Crippen LogP contribution in [0.5, 0.6) is 0 Å². The van der Waals surface area contributed by atoms with Gasteiger partial charge in [0, 0.05) is 20.7 Å². The predicted octanol–water partition coefficient (Wildman–Crippen LogP) is 4.25. The summed E-state index contributed by atoms with van der Waals surface area (Å²) in [6.45, 7) is 0. The van der Waals surface area contributed by atoms with Gasteiger partial charge in [0.05, 0.1) is 5.69 Å². The average molecular weight is 391 g/mol. The van der Waals surface area contributed by atoms with Crippen LogP contribution in [0, 0.1) is 0 Å². The first-order chi connectivity index (χ1) is 9.06. The van der Waals surface area contributed by atoms with Crippen molar-refractivity contribution in [3.63, 3.8) is 0 Å². The van der Waals surface area contributed by atoms with E-state index in [1.165, 1.54) is 19.3 Å². The molecule has 4 N–H and O–H groups in total. The van der Waals surface area contributed by atoms with E-state index in [1.54, 1.807) is 12.1 Å². The van der Waals surface area contributed by atoms with Crippen LogP contribution in [0.1, 0.15) is 32.1 Å². The molecule has 2 rings (SSSR count). The lowest BCUT2D eigenvalue weighted by Gasteiger charge is -2.23. The summed E-state index contributed by atoms with van der Waals surface area (Å²) >= 11 is 6.80. The Labute approximate surface area is 129 Å². The molecule has 0 heterocycles. The molecule has 104 valence electrons. The van der Waals surface area contributed by atoms with Gasteiger partial charge in [-0.1, -0.05) is 19.3 Å². The first kappa shape index (κ1) is 14.7. The molecule has 1 aliphatic carbocycles. The summed E-state index contributed by atoms with van der Waals surface area (Å²) in [6.07, 6.45) is 5.80. The van der Waals surface area contributed by atoms with Crippen LogP contribution < -0.4 is 16.4 Å². The molecule has 19 heavy (non-hydrogen) atoms. The number of hydrogen-bond donors (Lipinski definition) is 3. The first-order valence-electron chi connectivity index (χ1n) is 6.38. The number of halogens is 2. The van der Waals surface area contributed by atoms with Gasteiger partial charge in [-0.25, -0.2) is 4.79 Å². The lowest BCUT2D eigenvalue weighted by Crippen LogP contribution is -2.39. The Morgan fingerprint density at radius 3 is 2.32 bits per heavy atom. The standard InChI is InChI=1S/C13H17Br2N3O/c14-10-6-8(16)7-11(15)12(10)18-13(19)17-9-4-2-1-3-5-9/h6-7,9H,1-5,16H2,(H2,17,18,19). The summed E-state index contributed by atoms with van der Waals surface area (Å²) in [6, 6.07) is 3.65. The van der Waals surface area contributed by atoms with Gasteiger partial charge in [0.15, 0.2) is 0 Å². The van der Waals surface area contributed by atoms with Crippen molar-refractivity contribution in [3.8, 4) is 0 Å². The second kappa shape index (κ2) is 6.61. The Kier molecular flexibility index (Phi) is 5.10. The Morgan fingerprint density at radius 1 is 1.16 bits per heavy atom. The third-order valence-electron chi connectivity index (χ3n) is 3.24. The van der Waals surface area contributed by atoms with Crippen LogP contribution >= 0.6 is 31.9 Å². The van der Waals surface area contributed by atoms with E-state index in [2.05, 4.69) is 42.5 Å². The molecule has 1 aromatic rings. The second-order valence-corrected chi connectivity index (χ2v) is 6.50. The van der Waals surface area contributed by atoms with E-state index < -0.39 is 0 Å². The fourth-order valence-corrected chi connectivity index (χ4v) is 3.71. The lowest BCUT2D eigenvalue weighted by atomic mass is 9.96. The molecule has 2 amide bonds. The number of nitrogens with two attached hydrogens (primary N) is 1. The van der Waals surface area contributed by atoms with Gasteiger partial charge in [0.1, 0.15) is 0 Å². The smallest absolute Gasteiger partial charge is 0.319 e. The van der Waals surface area contributed by atoms with Crippen molar-refractivity contribution in [1.82, 2.24) is 5.32 Å². The topological polar surface area (TPSA) is 67.1 Å². The molecule has 0 saturated heterocycles. The molecule has 0 aromatic heterocycles. The minimum Gasteiger partial charge on any atom is -0.399 e. The third-order valence-corrected chi connectivity index (χ3v) is 4.49. The van der Waals surface area contributed by atoms with Gasteiger partial charge in [-0.15, -0.1) is 0 Å². The molecule has 4 nitrogen and oxygen atoms in total. The molecule has 1 fully saturated rings. The molecular formula is C13H17Br2N3O. The van der Waals surface area contributed by atoms with Crippen LogP contribution in [0.15, 0.2) is 21.1 Å². The maximum atomic E-state index is 12.0. The molecule has 1 aliphatic rings. The van der Waals surface area contributed by atoms with Crippen LogP contribution in [0.2, 0.25) is 0 Å². The molecular weight excluding hydrogens is 374 g/mol. The van der Waals surface area contributed by atoms with Crippen molar-refractivity contribution in [2.75, 3.05) is 11.1 Å². The number of anilines is 2. The van der Waals surface area contributed by atoms with Gasteiger partial charge in [0.25, 0.3) is 0 Å². The number of nitrogen functional groups attached to an aromatic ring is 1. The number of benzene rings is 1. The van der Waals surface area contributed by atoms with Crippen molar-refractivity contribution in [1.29, 1.82) is 0 Å². The fraction of sp³-hybridized carbons (Fsp3) is 0.462. The molecule has 1 saturated carbocycles. The summed E-state index contributed by atoms with van der Waals surface area (Å²) in [4.78, 5) is 12.0. The van der Waals surface area contributed by atoms with Crippen LogP contribution in [0.3, 0.4) is 0 Å². The van der Waals surface area contributed by atoms with Crippen molar-refractivity contribution in [2.24, 2.45) is 0 Å². The number of rotatable bonds is 2. The van der Waals surface area contributed by atoms with Crippen molar-refractivity contribution in [3.05, 3.63) is 21.1 Å². The SMILES string of the molecule is Nc1cc(Br)c(NC(=O)NC2CCCCC2)c(Br)c1. The van der Waals surface area contributed by atoms with Gasteiger partial charge in [-0.2, -0.15) is 0 Å². The highest BCUT2D eigenvalue weighted by atomic mass is 79.9. The Morgan fingerprint density at radius 2 is 1.74 bits per heavy atom. The zero-order chi connectivity index (χ0) is 13.8. The zero-order valence-electron chi connectivity index (χ0n) is 10.5. The van der Waals surface area contributed by atoms with E-state index in [4.69, 9.17) is 5.73 Å². The largest absolute Gasteiger partial charge is 0.399 e. The highest BCUT2D eigenvalue weighted by Crippen LogP contribution is 2.33. The molecule has 0 aliphatic heterocycles. The summed E-state index contributed by atoms with van der Waals surface area (Å²) in [5.41, 5.74) is 7.05. The van der Waals surface area contributed by atoms with Crippen LogP contribution in [0.25, 0.3) is 0 Å². The summed E-state index contributed by atoms with van der Waals surface area (Å²) in [5, 5.41) is 5.87. The van der Waals surface area contributed by atoms with Gasteiger partial charge in [-0.05, 0) is 56.8 Å². The number of carbonyl (C=O) groups excluding carboxylic acids is 1. The van der Waals surface area contributed by atoms with E-state index in [0.717, 1.165) is 21.8 Å².